The van der Waals surface area contributed by atoms with Crippen molar-refractivity contribution in [2.75, 3.05) is 13.1 Å². The van der Waals surface area contributed by atoms with Crippen molar-refractivity contribution in [1.29, 1.82) is 0 Å². The normalized spacial score (nSPS) is 10.2. The fourth-order valence-electron chi connectivity index (χ4n) is 1.75. The molecule has 0 aromatic heterocycles. The van der Waals surface area contributed by atoms with E-state index in [1.807, 2.05) is 30.0 Å². The molecule has 0 aliphatic heterocycles. The minimum absolute atomic E-state index is 0.227. The monoisotopic (exact) mass is 234 g/mol. The van der Waals surface area contributed by atoms with Gasteiger partial charge in [0, 0.05) is 19.5 Å². The second-order valence-electron chi connectivity index (χ2n) is 4.19. The van der Waals surface area contributed by atoms with Gasteiger partial charge in [0.1, 0.15) is 0 Å². The largest absolute Gasteiger partial charge is 0.338 e. The molecule has 0 aliphatic carbocycles. The first-order valence-electron chi connectivity index (χ1n) is 6.29. The quantitative estimate of drug-likeness (QED) is 0.786. The van der Waals surface area contributed by atoms with Crippen molar-refractivity contribution in [3.8, 4) is 0 Å². The predicted octanol–water partition coefficient (Wildman–Crippen LogP) is 2.16. The van der Waals surface area contributed by atoms with Crippen LogP contribution in [0.5, 0.6) is 0 Å². The third-order valence-corrected chi connectivity index (χ3v) is 2.66. The highest BCUT2D eigenvalue weighted by molar-refractivity contribution is 5.76. The molecule has 0 atom stereocenters. The summed E-state index contributed by atoms with van der Waals surface area (Å²) in [4.78, 5) is 13.8. The molecule has 0 bridgehead atoms. The number of nitrogens with zero attached hydrogens (tertiary/aromatic N) is 1. The number of amides is 1. The average molecular weight is 234 g/mol. The SMILES string of the molecule is CCCC(=O)N(CCCN)Cc1ccccc1. The van der Waals surface area contributed by atoms with Gasteiger partial charge in [0.2, 0.25) is 5.91 Å². The number of carbonyl (C=O) groups is 1. The van der Waals surface area contributed by atoms with E-state index in [1.54, 1.807) is 0 Å². The van der Waals surface area contributed by atoms with Crippen LogP contribution in [0.1, 0.15) is 31.7 Å². The predicted molar refractivity (Wildman–Crippen MR) is 70.4 cm³/mol. The van der Waals surface area contributed by atoms with Gasteiger partial charge in [-0.2, -0.15) is 0 Å². The van der Waals surface area contributed by atoms with Crippen molar-refractivity contribution >= 4 is 5.91 Å². The Balaban J connectivity index is 2.59. The first kappa shape index (κ1) is 13.7. The highest BCUT2D eigenvalue weighted by Gasteiger charge is 2.12. The molecule has 0 fully saturated rings. The molecule has 0 unspecified atom stereocenters. The second-order valence-corrected chi connectivity index (χ2v) is 4.19. The number of carbonyl (C=O) groups excluding carboxylic acids is 1. The topological polar surface area (TPSA) is 46.3 Å². The maximum Gasteiger partial charge on any atom is 0.222 e. The zero-order valence-corrected chi connectivity index (χ0v) is 10.6. The van der Waals surface area contributed by atoms with Crippen LogP contribution < -0.4 is 5.73 Å². The summed E-state index contributed by atoms with van der Waals surface area (Å²) in [5.41, 5.74) is 6.68. The van der Waals surface area contributed by atoms with Crippen LogP contribution in [0.25, 0.3) is 0 Å². The average Bonchev–Trinajstić information content (AvgIpc) is 2.36. The van der Waals surface area contributed by atoms with E-state index in [0.717, 1.165) is 19.4 Å². The van der Waals surface area contributed by atoms with Crippen molar-refractivity contribution in [1.82, 2.24) is 4.90 Å². The Morgan fingerprint density at radius 3 is 2.59 bits per heavy atom. The molecule has 3 nitrogen and oxygen atoms in total. The van der Waals surface area contributed by atoms with Crippen LogP contribution in [0.3, 0.4) is 0 Å². The van der Waals surface area contributed by atoms with Gasteiger partial charge >= 0.3 is 0 Å². The lowest BCUT2D eigenvalue weighted by Gasteiger charge is -2.22. The van der Waals surface area contributed by atoms with Crippen LogP contribution in [0.2, 0.25) is 0 Å². The van der Waals surface area contributed by atoms with Gasteiger partial charge in [-0.15, -0.1) is 0 Å². The Morgan fingerprint density at radius 1 is 1.29 bits per heavy atom. The standard InChI is InChI=1S/C14H22N2O/c1-2-7-14(17)16(11-6-10-15)12-13-8-4-3-5-9-13/h3-5,8-9H,2,6-7,10-12,15H2,1H3. The first-order chi connectivity index (χ1) is 8.27. The van der Waals surface area contributed by atoms with Gasteiger partial charge < -0.3 is 10.6 Å². The summed E-state index contributed by atoms with van der Waals surface area (Å²) in [7, 11) is 0. The second kappa shape index (κ2) is 7.85. The van der Waals surface area contributed by atoms with Gasteiger partial charge in [-0.25, -0.2) is 0 Å². The summed E-state index contributed by atoms with van der Waals surface area (Å²) >= 11 is 0. The van der Waals surface area contributed by atoms with Gasteiger partial charge in [0.25, 0.3) is 0 Å². The Kier molecular flexibility index (Phi) is 6.33. The Labute approximate surface area is 104 Å². The third-order valence-electron chi connectivity index (χ3n) is 2.66. The molecule has 2 N–H and O–H groups in total. The maximum absolute atomic E-state index is 11.9. The van der Waals surface area contributed by atoms with E-state index < -0.39 is 0 Å². The van der Waals surface area contributed by atoms with Gasteiger partial charge in [0.05, 0.1) is 0 Å². The molecule has 0 radical (unpaired) electrons. The smallest absolute Gasteiger partial charge is 0.222 e. The lowest BCUT2D eigenvalue weighted by molar-refractivity contribution is -0.131. The van der Waals surface area contributed by atoms with Crippen LogP contribution in [-0.2, 0) is 11.3 Å². The molecule has 0 spiro atoms. The zero-order chi connectivity index (χ0) is 12.5. The molecular weight excluding hydrogens is 212 g/mol. The molecule has 0 saturated heterocycles. The minimum atomic E-state index is 0.227. The summed E-state index contributed by atoms with van der Waals surface area (Å²) in [6.45, 7) is 4.11. The van der Waals surface area contributed by atoms with Gasteiger partial charge in [-0.05, 0) is 24.9 Å². The van der Waals surface area contributed by atoms with Crippen molar-refractivity contribution in [3.05, 3.63) is 35.9 Å². The number of hydrogen-bond donors (Lipinski definition) is 1. The van der Waals surface area contributed by atoms with Crippen LogP contribution >= 0.6 is 0 Å². The number of hydrogen-bond acceptors (Lipinski definition) is 2. The first-order valence-corrected chi connectivity index (χ1v) is 6.29. The molecule has 1 amide bonds. The summed E-state index contributed by atoms with van der Waals surface area (Å²) in [5, 5.41) is 0. The molecule has 17 heavy (non-hydrogen) atoms. The zero-order valence-electron chi connectivity index (χ0n) is 10.6. The Bertz CT molecular complexity index is 324. The van der Waals surface area contributed by atoms with Gasteiger partial charge in [0.15, 0.2) is 0 Å². The van der Waals surface area contributed by atoms with E-state index in [2.05, 4.69) is 12.1 Å². The van der Waals surface area contributed by atoms with Crippen LogP contribution in [0.15, 0.2) is 30.3 Å². The lowest BCUT2D eigenvalue weighted by Crippen LogP contribution is -2.32. The molecule has 94 valence electrons. The number of nitrogens with two attached hydrogens (primary N) is 1. The highest BCUT2D eigenvalue weighted by atomic mass is 16.2. The van der Waals surface area contributed by atoms with E-state index in [1.165, 1.54) is 5.56 Å². The third kappa shape index (κ3) is 5.00. The van der Waals surface area contributed by atoms with Crippen LogP contribution in [0.4, 0.5) is 0 Å². The van der Waals surface area contributed by atoms with E-state index >= 15 is 0 Å². The fourth-order valence-corrected chi connectivity index (χ4v) is 1.75. The van der Waals surface area contributed by atoms with Crippen LogP contribution in [0, 0.1) is 0 Å². The van der Waals surface area contributed by atoms with E-state index in [9.17, 15) is 4.79 Å². The summed E-state index contributed by atoms with van der Waals surface area (Å²) in [5.74, 6) is 0.227. The summed E-state index contributed by atoms with van der Waals surface area (Å²) < 4.78 is 0. The lowest BCUT2D eigenvalue weighted by atomic mass is 10.2. The van der Waals surface area contributed by atoms with E-state index in [-0.39, 0.29) is 5.91 Å². The van der Waals surface area contributed by atoms with Crippen molar-refractivity contribution in [2.45, 2.75) is 32.7 Å². The number of rotatable bonds is 7. The van der Waals surface area contributed by atoms with E-state index in [4.69, 9.17) is 5.73 Å². The van der Waals surface area contributed by atoms with Crippen molar-refractivity contribution < 1.29 is 4.79 Å². The molecule has 3 heteroatoms. The molecule has 0 heterocycles. The molecule has 0 saturated carbocycles. The minimum Gasteiger partial charge on any atom is -0.338 e. The summed E-state index contributed by atoms with van der Waals surface area (Å²) in [6.07, 6.45) is 2.38. The molecule has 1 rings (SSSR count). The fraction of sp³-hybridized carbons (Fsp3) is 0.500. The molecule has 1 aromatic rings. The maximum atomic E-state index is 11.9. The molecular formula is C14H22N2O. The molecule has 1 aromatic carbocycles. The summed E-state index contributed by atoms with van der Waals surface area (Å²) in [6, 6.07) is 10.1. The van der Waals surface area contributed by atoms with Crippen LogP contribution in [-0.4, -0.2) is 23.9 Å². The number of benzene rings is 1. The van der Waals surface area contributed by atoms with Gasteiger partial charge in [-0.1, -0.05) is 37.3 Å². The van der Waals surface area contributed by atoms with Crippen molar-refractivity contribution in [2.24, 2.45) is 5.73 Å². The van der Waals surface area contributed by atoms with E-state index in [0.29, 0.717) is 19.5 Å². The Morgan fingerprint density at radius 2 is 2.00 bits per heavy atom. The van der Waals surface area contributed by atoms with Gasteiger partial charge in [-0.3, -0.25) is 4.79 Å². The Hall–Kier alpha value is -1.35. The highest BCUT2D eigenvalue weighted by Crippen LogP contribution is 2.07. The molecule has 0 aliphatic rings. The van der Waals surface area contributed by atoms with Crippen molar-refractivity contribution in [3.63, 3.8) is 0 Å².